The van der Waals surface area contributed by atoms with Crippen LogP contribution in [-0.4, -0.2) is 29.8 Å². The zero-order valence-electron chi connectivity index (χ0n) is 11.1. The first-order chi connectivity index (χ1) is 9.63. The molecule has 0 aromatic heterocycles. The number of aliphatic hydroxyl groups excluding tert-OH is 1. The molecule has 1 fully saturated rings. The van der Waals surface area contributed by atoms with Crippen molar-refractivity contribution in [2.75, 3.05) is 6.54 Å². The number of halogens is 1. The smallest absolute Gasteiger partial charge is 0.249 e. The lowest BCUT2D eigenvalue weighted by atomic mass is 10.1. The van der Waals surface area contributed by atoms with Crippen LogP contribution in [0.1, 0.15) is 24.0 Å². The molecule has 1 aromatic rings. The van der Waals surface area contributed by atoms with Gasteiger partial charge in [-0.2, -0.15) is 0 Å². The molecule has 0 radical (unpaired) electrons. The van der Waals surface area contributed by atoms with E-state index in [1.807, 2.05) is 0 Å². The molecule has 0 saturated carbocycles. The number of amides is 1. The van der Waals surface area contributed by atoms with Crippen LogP contribution in [0.3, 0.4) is 0 Å². The minimum atomic E-state index is -0.473. The Morgan fingerprint density at radius 2 is 2.30 bits per heavy atom. The molecule has 0 bridgehead atoms. The molecule has 0 aliphatic carbocycles. The first kappa shape index (κ1) is 14.9. The first-order valence-corrected chi connectivity index (χ1v) is 6.65. The number of rotatable bonds is 5. The average molecular weight is 282 g/mol. The van der Waals surface area contributed by atoms with Crippen molar-refractivity contribution in [1.82, 2.24) is 5.32 Å². The highest BCUT2D eigenvalue weighted by atomic mass is 19.1. The van der Waals surface area contributed by atoms with E-state index in [4.69, 9.17) is 15.6 Å². The van der Waals surface area contributed by atoms with E-state index in [1.165, 1.54) is 12.1 Å². The summed E-state index contributed by atoms with van der Waals surface area (Å²) in [6.45, 7) is 0.307. The summed E-state index contributed by atoms with van der Waals surface area (Å²) in [6, 6.07) is 4.49. The SMILES string of the molecule is NC[C@H]1CC[C@@H](C(=O)NCc2ccc(CO)c(F)c2)O1. The van der Waals surface area contributed by atoms with Crippen molar-refractivity contribution in [1.29, 1.82) is 0 Å². The summed E-state index contributed by atoms with van der Waals surface area (Å²) in [4.78, 5) is 11.9. The Hall–Kier alpha value is -1.50. The Morgan fingerprint density at radius 3 is 2.90 bits per heavy atom. The van der Waals surface area contributed by atoms with Crippen LogP contribution in [0.4, 0.5) is 4.39 Å². The first-order valence-electron chi connectivity index (χ1n) is 6.65. The number of ether oxygens (including phenoxy) is 1. The number of carbonyl (C=O) groups excluding carboxylic acids is 1. The van der Waals surface area contributed by atoms with Crippen molar-refractivity contribution < 1.29 is 19.0 Å². The number of nitrogens with one attached hydrogen (secondary N) is 1. The maximum atomic E-state index is 13.5. The number of carbonyl (C=O) groups is 1. The highest BCUT2D eigenvalue weighted by molar-refractivity contribution is 5.81. The van der Waals surface area contributed by atoms with Crippen LogP contribution in [0.15, 0.2) is 18.2 Å². The van der Waals surface area contributed by atoms with Crippen LogP contribution in [-0.2, 0) is 22.7 Å². The third-order valence-corrected chi connectivity index (χ3v) is 3.42. The van der Waals surface area contributed by atoms with Crippen molar-refractivity contribution in [3.05, 3.63) is 35.1 Å². The van der Waals surface area contributed by atoms with Crippen molar-refractivity contribution in [3.8, 4) is 0 Å². The summed E-state index contributed by atoms with van der Waals surface area (Å²) >= 11 is 0. The quantitative estimate of drug-likeness (QED) is 0.731. The van der Waals surface area contributed by atoms with Crippen LogP contribution in [0.25, 0.3) is 0 Å². The Balaban J connectivity index is 1.86. The molecule has 1 saturated heterocycles. The molecule has 6 heteroatoms. The Morgan fingerprint density at radius 1 is 1.50 bits per heavy atom. The number of benzene rings is 1. The molecule has 1 aliphatic rings. The molecule has 1 aliphatic heterocycles. The van der Waals surface area contributed by atoms with Crippen LogP contribution >= 0.6 is 0 Å². The second-order valence-electron chi connectivity index (χ2n) is 4.86. The molecular formula is C14H19FN2O3. The lowest BCUT2D eigenvalue weighted by Crippen LogP contribution is -2.35. The van der Waals surface area contributed by atoms with Crippen molar-refractivity contribution in [2.24, 2.45) is 5.73 Å². The van der Waals surface area contributed by atoms with Gasteiger partial charge in [0.25, 0.3) is 0 Å². The fourth-order valence-corrected chi connectivity index (χ4v) is 2.20. The minimum Gasteiger partial charge on any atom is -0.392 e. The van der Waals surface area contributed by atoms with E-state index in [1.54, 1.807) is 6.07 Å². The number of nitrogens with two attached hydrogens (primary N) is 1. The normalized spacial score (nSPS) is 21.9. The van der Waals surface area contributed by atoms with Crippen LogP contribution in [0.5, 0.6) is 0 Å². The second kappa shape index (κ2) is 6.78. The molecule has 2 rings (SSSR count). The van der Waals surface area contributed by atoms with Gasteiger partial charge in [0.2, 0.25) is 5.91 Å². The summed E-state index contributed by atoms with van der Waals surface area (Å²) in [7, 11) is 0. The van der Waals surface area contributed by atoms with Gasteiger partial charge in [0.05, 0.1) is 12.7 Å². The van der Waals surface area contributed by atoms with Crippen LogP contribution < -0.4 is 11.1 Å². The summed E-state index contributed by atoms with van der Waals surface area (Å²) in [5.41, 5.74) is 6.37. The summed E-state index contributed by atoms with van der Waals surface area (Å²) in [5.74, 6) is -0.674. The van der Waals surface area contributed by atoms with Gasteiger partial charge in [-0.1, -0.05) is 12.1 Å². The monoisotopic (exact) mass is 282 g/mol. The molecule has 0 spiro atoms. The maximum absolute atomic E-state index is 13.5. The van der Waals surface area contributed by atoms with Gasteiger partial charge in [0.15, 0.2) is 0 Å². The zero-order valence-corrected chi connectivity index (χ0v) is 11.1. The topological polar surface area (TPSA) is 84.6 Å². The minimum absolute atomic E-state index is 0.0490. The lowest BCUT2D eigenvalue weighted by molar-refractivity contribution is -0.132. The third kappa shape index (κ3) is 3.53. The third-order valence-electron chi connectivity index (χ3n) is 3.42. The predicted octanol–water partition coefficient (Wildman–Crippen LogP) is 0.440. The maximum Gasteiger partial charge on any atom is 0.249 e. The van der Waals surface area contributed by atoms with E-state index in [0.717, 1.165) is 6.42 Å². The standard InChI is InChI=1S/C14H19FN2O3/c15-12-5-9(1-2-10(12)8-18)7-17-14(19)13-4-3-11(6-16)20-13/h1-2,5,11,13,18H,3-4,6-8,16H2,(H,17,19)/t11-,13+/m1/s1. The van der Waals surface area contributed by atoms with Gasteiger partial charge in [-0.25, -0.2) is 4.39 Å². The molecule has 1 heterocycles. The molecule has 20 heavy (non-hydrogen) atoms. The fraction of sp³-hybridized carbons (Fsp3) is 0.500. The van der Waals surface area contributed by atoms with Crippen molar-refractivity contribution >= 4 is 5.91 Å². The fourth-order valence-electron chi connectivity index (χ4n) is 2.20. The highest BCUT2D eigenvalue weighted by Crippen LogP contribution is 2.19. The van der Waals surface area contributed by atoms with Gasteiger partial charge in [0.1, 0.15) is 11.9 Å². The number of hydrogen-bond acceptors (Lipinski definition) is 4. The highest BCUT2D eigenvalue weighted by Gasteiger charge is 2.29. The summed E-state index contributed by atoms with van der Waals surface area (Å²) in [6.07, 6.45) is 0.928. The van der Waals surface area contributed by atoms with Gasteiger partial charge in [0, 0.05) is 18.7 Å². The summed E-state index contributed by atoms with van der Waals surface area (Å²) in [5, 5.41) is 11.6. The van der Waals surface area contributed by atoms with E-state index in [0.29, 0.717) is 18.5 Å². The van der Waals surface area contributed by atoms with Gasteiger partial charge in [-0.3, -0.25) is 4.79 Å². The second-order valence-corrected chi connectivity index (χ2v) is 4.86. The average Bonchev–Trinajstić information content (AvgIpc) is 2.94. The predicted molar refractivity (Wildman–Crippen MR) is 71.1 cm³/mol. The van der Waals surface area contributed by atoms with E-state index in [9.17, 15) is 9.18 Å². The summed E-state index contributed by atoms with van der Waals surface area (Å²) < 4.78 is 18.9. The molecule has 1 aromatic carbocycles. The van der Waals surface area contributed by atoms with Gasteiger partial charge < -0.3 is 20.9 Å². The molecule has 110 valence electrons. The number of hydrogen-bond donors (Lipinski definition) is 3. The molecule has 5 nitrogen and oxygen atoms in total. The molecule has 0 unspecified atom stereocenters. The molecule has 2 atom stereocenters. The van der Waals surface area contributed by atoms with E-state index < -0.39 is 11.9 Å². The molecule has 1 amide bonds. The zero-order chi connectivity index (χ0) is 14.5. The van der Waals surface area contributed by atoms with E-state index in [-0.39, 0.29) is 30.7 Å². The van der Waals surface area contributed by atoms with E-state index in [2.05, 4.69) is 5.32 Å². The largest absolute Gasteiger partial charge is 0.392 e. The van der Waals surface area contributed by atoms with Gasteiger partial charge in [-0.15, -0.1) is 0 Å². The Kier molecular flexibility index (Phi) is 5.05. The Bertz CT molecular complexity index is 481. The molecular weight excluding hydrogens is 263 g/mol. The Labute approximate surface area is 116 Å². The van der Waals surface area contributed by atoms with E-state index >= 15 is 0 Å². The lowest BCUT2D eigenvalue weighted by Gasteiger charge is -2.13. The van der Waals surface area contributed by atoms with Crippen LogP contribution in [0, 0.1) is 5.82 Å². The number of aliphatic hydroxyl groups is 1. The molecule has 4 N–H and O–H groups in total. The van der Waals surface area contributed by atoms with Crippen LogP contribution in [0.2, 0.25) is 0 Å². The van der Waals surface area contributed by atoms with Crippen molar-refractivity contribution in [2.45, 2.75) is 38.2 Å². The van der Waals surface area contributed by atoms with Crippen molar-refractivity contribution in [3.63, 3.8) is 0 Å². The van der Waals surface area contributed by atoms with Gasteiger partial charge >= 0.3 is 0 Å². The van der Waals surface area contributed by atoms with Gasteiger partial charge in [-0.05, 0) is 24.5 Å².